The highest BCUT2D eigenvalue weighted by atomic mass is 16.2. The Bertz CT molecular complexity index is 482. The van der Waals surface area contributed by atoms with Crippen molar-refractivity contribution in [3.05, 3.63) is 0 Å². The monoisotopic (exact) mass is 318 g/mol. The summed E-state index contributed by atoms with van der Waals surface area (Å²) >= 11 is 0. The van der Waals surface area contributed by atoms with E-state index in [9.17, 15) is 9.59 Å². The van der Waals surface area contributed by atoms with Crippen LogP contribution in [0.5, 0.6) is 0 Å². The Balaban J connectivity index is 1.37. The summed E-state index contributed by atoms with van der Waals surface area (Å²) < 4.78 is 0. The van der Waals surface area contributed by atoms with Crippen LogP contribution in [-0.2, 0) is 9.59 Å². The molecule has 23 heavy (non-hydrogen) atoms. The van der Waals surface area contributed by atoms with Gasteiger partial charge in [-0.25, -0.2) is 0 Å². The molecule has 0 bridgehead atoms. The summed E-state index contributed by atoms with van der Waals surface area (Å²) in [6.07, 6.45) is 11.3. The number of nitrogens with zero attached hydrogens (tertiary/aromatic N) is 2. The number of hydrogen-bond donors (Lipinski definition) is 0. The van der Waals surface area contributed by atoms with E-state index in [1.54, 1.807) is 0 Å². The van der Waals surface area contributed by atoms with Crippen molar-refractivity contribution < 1.29 is 9.59 Å². The minimum Gasteiger partial charge on any atom is -0.342 e. The van der Waals surface area contributed by atoms with E-state index in [0.717, 1.165) is 51.2 Å². The van der Waals surface area contributed by atoms with Gasteiger partial charge >= 0.3 is 0 Å². The van der Waals surface area contributed by atoms with Gasteiger partial charge < -0.3 is 9.80 Å². The SMILES string of the molecule is O=C(CC1CCCC1)N1CC[C@@]2(CCCN(CC3CC3)C2=O)C1. The van der Waals surface area contributed by atoms with Gasteiger partial charge in [0.15, 0.2) is 0 Å². The van der Waals surface area contributed by atoms with Crippen molar-refractivity contribution in [2.45, 2.75) is 64.2 Å². The first-order valence-electron chi connectivity index (χ1n) is 9.73. The normalized spacial score (nSPS) is 32.3. The van der Waals surface area contributed by atoms with E-state index >= 15 is 0 Å². The second kappa shape index (κ2) is 6.10. The van der Waals surface area contributed by atoms with Gasteiger partial charge in [-0.1, -0.05) is 12.8 Å². The second-order valence-corrected chi connectivity index (χ2v) is 8.50. The molecule has 0 radical (unpaired) electrons. The first kappa shape index (κ1) is 15.5. The zero-order valence-corrected chi connectivity index (χ0v) is 14.3. The summed E-state index contributed by atoms with van der Waals surface area (Å²) in [5, 5.41) is 0. The highest BCUT2D eigenvalue weighted by Gasteiger charge is 2.49. The van der Waals surface area contributed by atoms with Crippen LogP contribution in [0, 0.1) is 17.3 Å². The molecule has 4 fully saturated rings. The van der Waals surface area contributed by atoms with Gasteiger partial charge in [-0.15, -0.1) is 0 Å². The fraction of sp³-hybridized carbons (Fsp3) is 0.895. The van der Waals surface area contributed by atoms with Gasteiger partial charge in [0.05, 0.1) is 5.41 Å². The molecule has 0 unspecified atom stereocenters. The maximum absolute atomic E-state index is 13.0. The molecule has 0 aromatic heterocycles. The minimum atomic E-state index is -0.238. The van der Waals surface area contributed by atoms with Crippen LogP contribution in [0.1, 0.15) is 64.2 Å². The maximum atomic E-state index is 13.0. The minimum absolute atomic E-state index is 0.238. The summed E-state index contributed by atoms with van der Waals surface area (Å²) in [6, 6.07) is 0. The predicted octanol–water partition coefficient (Wildman–Crippen LogP) is 2.82. The molecule has 2 saturated heterocycles. The molecular weight excluding hydrogens is 288 g/mol. The fourth-order valence-corrected chi connectivity index (χ4v) is 4.99. The highest BCUT2D eigenvalue weighted by molar-refractivity contribution is 5.86. The average molecular weight is 318 g/mol. The molecule has 4 rings (SSSR count). The number of hydrogen-bond acceptors (Lipinski definition) is 2. The number of likely N-dealkylation sites (tertiary alicyclic amines) is 2. The van der Waals surface area contributed by atoms with Gasteiger partial charge in [0, 0.05) is 32.6 Å². The van der Waals surface area contributed by atoms with Gasteiger partial charge in [-0.2, -0.15) is 0 Å². The number of carbonyl (C=O) groups excluding carboxylic acids is 2. The van der Waals surface area contributed by atoms with Crippen LogP contribution in [0.3, 0.4) is 0 Å². The van der Waals surface area contributed by atoms with Crippen molar-refractivity contribution in [3.63, 3.8) is 0 Å². The molecule has 2 aliphatic heterocycles. The largest absolute Gasteiger partial charge is 0.342 e. The van der Waals surface area contributed by atoms with Crippen molar-refractivity contribution in [1.29, 1.82) is 0 Å². The van der Waals surface area contributed by atoms with Crippen LogP contribution in [0.15, 0.2) is 0 Å². The standard InChI is InChI=1S/C19H30N2O2/c22-17(12-15-4-1-2-5-15)21-11-9-19(14-21)8-3-10-20(18(19)23)13-16-6-7-16/h15-16H,1-14H2/t19-/m0/s1. The Morgan fingerprint density at radius 3 is 2.52 bits per heavy atom. The maximum Gasteiger partial charge on any atom is 0.230 e. The van der Waals surface area contributed by atoms with E-state index in [1.165, 1.54) is 38.5 Å². The zero-order chi connectivity index (χ0) is 15.9. The van der Waals surface area contributed by atoms with E-state index in [0.29, 0.717) is 24.3 Å². The van der Waals surface area contributed by atoms with E-state index < -0.39 is 0 Å². The average Bonchev–Trinajstić information content (AvgIpc) is 3.03. The van der Waals surface area contributed by atoms with Crippen molar-refractivity contribution in [3.8, 4) is 0 Å². The molecule has 2 amide bonds. The molecule has 1 spiro atoms. The van der Waals surface area contributed by atoms with Gasteiger partial charge in [0.1, 0.15) is 0 Å². The Morgan fingerprint density at radius 2 is 1.78 bits per heavy atom. The molecule has 0 aromatic rings. The number of carbonyl (C=O) groups is 2. The molecule has 4 aliphatic rings. The Morgan fingerprint density at radius 1 is 1.00 bits per heavy atom. The Hall–Kier alpha value is -1.06. The first-order chi connectivity index (χ1) is 11.2. The molecule has 0 N–H and O–H groups in total. The van der Waals surface area contributed by atoms with Crippen LogP contribution in [0.4, 0.5) is 0 Å². The third kappa shape index (κ3) is 3.14. The molecule has 128 valence electrons. The predicted molar refractivity (Wildman–Crippen MR) is 88.7 cm³/mol. The van der Waals surface area contributed by atoms with E-state index in [2.05, 4.69) is 4.90 Å². The summed E-state index contributed by atoms with van der Waals surface area (Å²) in [7, 11) is 0. The molecule has 4 heteroatoms. The summed E-state index contributed by atoms with van der Waals surface area (Å²) in [5.74, 6) is 2.02. The van der Waals surface area contributed by atoms with E-state index in [-0.39, 0.29) is 5.41 Å². The summed E-state index contributed by atoms with van der Waals surface area (Å²) in [4.78, 5) is 29.7. The molecule has 2 aliphatic carbocycles. The Kier molecular flexibility index (Phi) is 4.10. The molecule has 1 atom stereocenters. The van der Waals surface area contributed by atoms with Crippen LogP contribution >= 0.6 is 0 Å². The quantitative estimate of drug-likeness (QED) is 0.800. The zero-order valence-electron chi connectivity index (χ0n) is 14.3. The summed E-state index contributed by atoms with van der Waals surface area (Å²) in [5.41, 5.74) is -0.238. The lowest BCUT2D eigenvalue weighted by Gasteiger charge is -2.39. The molecule has 2 saturated carbocycles. The molecule has 4 nitrogen and oxygen atoms in total. The van der Waals surface area contributed by atoms with Crippen LogP contribution in [0.2, 0.25) is 0 Å². The van der Waals surface area contributed by atoms with Crippen molar-refractivity contribution in [2.24, 2.45) is 17.3 Å². The van der Waals surface area contributed by atoms with Crippen LogP contribution < -0.4 is 0 Å². The smallest absolute Gasteiger partial charge is 0.230 e. The first-order valence-corrected chi connectivity index (χ1v) is 9.73. The second-order valence-electron chi connectivity index (χ2n) is 8.50. The topological polar surface area (TPSA) is 40.6 Å². The van der Waals surface area contributed by atoms with Gasteiger partial charge in [-0.3, -0.25) is 9.59 Å². The number of amides is 2. The number of rotatable bonds is 4. The third-order valence-electron chi connectivity index (χ3n) is 6.64. The summed E-state index contributed by atoms with van der Waals surface area (Å²) in [6.45, 7) is 3.40. The van der Waals surface area contributed by atoms with E-state index in [1.807, 2.05) is 4.90 Å². The third-order valence-corrected chi connectivity index (χ3v) is 6.64. The lowest BCUT2D eigenvalue weighted by molar-refractivity contribution is -0.146. The van der Waals surface area contributed by atoms with Crippen LogP contribution in [0.25, 0.3) is 0 Å². The van der Waals surface area contributed by atoms with Crippen LogP contribution in [-0.4, -0.2) is 47.8 Å². The van der Waals surface area contributed by atoms with Crippen molar-refractivity contribution in [2.75, 3.05) is 26.2 Å². The number of piperidine rings is 1. The fourth-order valence-electron chi connectivity index (χ4n) is 4.99. The lowest BCUT2D eigenvalue weighted by Crippen LogP contribution is -2.51. The van der Waals surface area contributed by atoms with Crippen molar-refractivity contribution >= 4 is 11.8 Å². The molecule has 0 aromatic carbocycles. The lowest BCUT2D eigenvalue weighted by atomic mass is 9.78. The van der Waals surface area contributed by atoms with Gasteiger partial charge in [0.25, 0.3) is 0 Å². The Labute approximate surface area is 139 Å². The molecule has 2 heterocycles. The highest BCUT2D eigenvalue weighted by Crippen LogP contribution is 2.42. The van der Waals surface area contributed by atoms with Crippen molar-refractivity contribution in [1.82, 2.24) is 9.80 Å². The van der Waals surface area contributed by atoms with Gasteiger partial charge in [0.2, 0.25) is 11.8 Å². The van der Waals surface area contributed by atoms with E-state index in [4.69, 9.17) is 0 Å². The van der Waals surface area contributed by atoms with Gasteiger partial charge in [-0.05, 0) is 56.8 Å². The molecular formula is C19H30N2O2.